The first-order valence-electron chi connectivity index (χ1n) is 9.33. The molecule has 0 aromatic carbocycles. The second-order valence-corrected chi connectivity index (χ2v) is 6.73. The fraction of sp³-hybridized carbons (Fsp3) is 0.895. The summed E-state index contributed by atoms with van der Waals surface area (Å²) in [5.74, 6) is -0.482. The molecule has 0 saturated heterocycles. The second kappa shape index (κ2) is 14.5. The Labute approximate surface area is 142 Å². The predicted molar refractivity (Wildman–Crippen MR) is 93.2 cm³/mol. The molecule has 0 heterocycles. The van der Waals surface area contributed by atoms with Crippen molar-refractivity contribution in [2.45, 2.75) is 98.0 Å². The number of hydrogen-bond donors (Lipinski definition) is 0. The monoisotopic (exact) mass is 328 g/mol. The minimum Gasteiger partial charge on any atom is -0.463 e. The molecule has 0 saturated carbocycles. The van der Waals surface area contributed by atoms with Crippen LogP contribution in [0.3, 0.4) is 0 Å². The SMILES string of the molecule is CCCCCCCCCCCC(=O)OC(C)C(=O)OCC(C)C. The minimum atomic E-state index is -0.806. The van der Waals surface area contributed by atoms with Crippen molar-refractivity contribution >= 4 is 11.9 Å². The molecule has 1 atom stereocenters. The number of esters is 2. The van der Waals surface area contributed by atoms with Gasteiger partial charge in [0.05, 0.1) is 6.61 Å². The predicted octanol–water partition coefficient (Wildman–Crippen LogP) is 5.04. The molecule has 0 bridgehead atoms. The molecule has 1 unspecified atom stereocenters. The molecule has 0 spiro atoms. The number of carbonyl (C=O) groups is 2. The highest BCUT2D eigenvalue weighted by atomic mass is 16.6. The maximum Gasteiger partial charge on any atom is 0.347 e. The fourth-order valence-electron chi connectivity index (χ4n) is 2.25. The van der Waals surface area contributed by atoms with E-state index in [9.17, 15) is 9.59 Å². The Kier molecular flexibility index (Phi) is 13.9. The highest BCUT2D eigenvalue weighted by molar-refractivity contribution is 5.78. The zero-order valence-electron chi connectivity index (χ0n) is 15.6. The van der Waals surface area contributed by atoms with Gasteiger partial charge in [-0.1, -0.05) is 72.1 Å². The topological polar surface area (TPSA) is 52.6 Å². The number of rotatable bonds is 14. The van der Waals surface area contributed by atoms with E-state index in [0.29, 0.717) is 13.0 Å². The van der Waals surface area contributed by atoms with E-state index in [-0.39, 0.29) is 11.9 Å². The molecule has 23 heavy (non-hydrogen) atoms. The van der Waals surface area contributed by atoms with Crippen LogP contribution in [0.4, 0.5) is 0 Å². The third kappa shape index (κ3) is 14.3. The van der Waals surface area contributed by atoms with Gasteiger partial charge >= 0.3 is 11.9 Å². The van der Waals surface area contributed by atoms with Crippen molar-refractivity contribution in [3.05, 3.63) is 0 Å². The molecule has 136 valence electrons. The van der Waals surface area contributed by atoms with Crippen molar-refractivity contribution in [3.8, 4) is 0 Å². The molecule has 0 fully saturated rings. The molecule has 0 radical (unpaired) electrons. The van der Waals surface area contributed by atoms with Crippen LogP contribution in [0.5, 0.6) is 0 Å². The van der Waals surface area contributed by atoms with E-state index in [1.807, 2.05) is 13.8 Å². The molecule has 0 aromatic heterocycles. The summed E-state index contributed by atoms with van der Waals surface area (Å²) in [5.41, 5.74) is 0. The average Bonchev–Trinajstić information content (AvgIpc) is 2.50. The first kappa shape index (κ1) is 21.9. The van der Waals surface area contributed by atoms with Gasteiger partial charge in [0.15, 0.2) is 6.10 Å². The largest absolute Gasteiger partial charge is 0.463 e. The van der Waals surface area contributed by atoms with Gasteiger partial charge in [0.25, 0.3) is 0 Å². The summed E-state index contributed by atoms with van der Waals surface area (Å²) in [6.45, 7) is 8.08. The van der Waals surface area contributed by atoms with Crippen LogP contribution in [0.1, 0.15) is 91.9 Å². The van der Waals surface area contributed by atoms with E-state index in [1.54, 1.807) is 6.92 Å². The molecule has 0 rings (SSSR count). The van der Waals surface area contributed by atoms with Crippen molar-refractivity contribution in [1.82, 2.24) is 0 Å². The average molecular weight is 328 g/mol. The lowest BCUT2D eigenvalue weighted by molar-refractivity contribution is -0.167. The lowest BCUT2D eigenvalue weighted by atomic mass is 10.1. The van der Waals surface area contributed by atoms with E-state index in [0.717, 1.165) is 12.8 Å². The molecule has 0 aliphatic rings. The summed E-state index contributed by atoms with van der Waals surface area (Å²) >= 11 is 0. The lowest BCUT2D eigenvalue weighted by Crippen LogP contribution is -2.27. The standard InChI is InChI=1S/C19H36O4/c1-5-6-7-8-9-10-11-12-13-14-18(20)23-17(4)19(21)22-15-16(2)3/h16-17H,5-15H2,1-4H3. The van der Waals surface area contributed by atoms with Crippen LogP contribution >= 0.6 is 0 Å². The Morgan fingerprint density at radius 3 is 1.87 bits per heavy atom. The van der Waals surface area contributed by atoms with Crippen LogP contribution in [0.15, 0.2) is 0 Å². The molecular weight excluding hydrogens is 292 g/mol. The molecule has 0 aromatic rings. The summed E-state index contributed by atoms with van der Waals surface area (Å²) in [5, 5.41) is 0. The van der Waals surface area contributed by atoms with Crippen LogP contribution in [-0.2, 0) is 19.1 Å². The van der Waals surface area contributed by atoms with Gasteiger partial charge in [0, 0.05) is 6.42 Å². The van der Waals surface area contributed by atoms with Gasteiger partial charge < -0.3 is 9.47 Å². The maximum absolute atomic E-state index is 11.7. The second-order valence-electron chi connectivity index (χ2n) is 6.73. The Hall–Kier alpha value is -1.06. The van der Waals surface area contributed by atoms with Crippen LogP contribution in [0.2, 0.25) is 0 Å². The maximum atomic E-state index is 11.7. The number of ether oxygens (including phenoxy) is 2. The van der Waals surface area contributed by atoms with Gasteiger partial charge in [0.1, 0.15) is 0 Å². The zero-order chi connectivity index (χ0) is 17.5. The van der Waals surface area contributed by atoms with Gasteiger partial charge in [-0.3, -0.25) is 4.79 Å². The van der Waals surface area contributed by atoms with Gasteiger partial charge in [-0.05, 0) is 19.3 Å². The quantitative estimate of drug-likeness (QED) is 0.331. The smallest absolute Gasteiger partial charge is 0.347 e. The van der Waals surface area contributed by atoms with E-state index in [1.165, 1.54) is 44.9 Å². The van der Waals surface area contributed by atoms with E-state index >= 15 is 0 Å². The van der Waals surface area contributed by atoms with Crippen molar-refractivity contribution < 1.29 is 19.1 Å². The third-order valence-electron chi connectivity index (χ3n) is 3.68. The molecular formula is C19H36O4. The Balaban J connectivity index is 3.54. The molecule has 0 aliphatic heterocycles. The van der Waals surface area contributed by atoms with Crippen LogP contribution in [-0.4, -0.2) is 24.6 Å². The highest BCUT2D eigenvalue weighted by Crippen LogP contribution is 2.11. The van der Waals surface area contributed by atoms with Crippen molar-refractivity contribution in [1.29, 1.82) is 0 Å². The molecule has 4 nitrogen and oxygen atoms in total. The van der Waals surface area contributed by atoms with Crippen LogP contribution < -0.4 is 0 Å². The van der Waals surface area contributed by atoms with Gasteiger partial charge in [-0.25, -0.2) is 4.79 Å². The first-order chi connectivity index (χ1) is 11.0. The number of carbonyl (C=O) groups excluding carboxylic acids is 2. The number of hydrogen-bond acceptors (Lipinski definition) is 4. The first-order valence-corrected chi connectivity index (χ1v) is 9.33. The summed E-state index contributed by atoms with van der Waals surface area (Å²) in [4.78, 5) is 23.3. The minimum absolute atomic E-state index is 0.281. The van der Waals surface area contributed by atoms with Crippen molar-refractivity contribution in [2.24, 2.45) is 5.92 Å². The lowest BCUT2D eigenvalue weighted by Gasteiger charge is -2.13. The zero-order valence-corrected chi connectivity index (χ0v) is 15.6. The normalized spacial score (nSPS) is 12.2. The van der Waals surface area contributed by atoms with Gasteiger partial charge in [-0.15, -0.1) is 0 Å². The van der Waals surface area contributed by atoms with Crippen molar-refractivity contribution in [3.63, 3.8) is 0 Å². The van der Waals surface area contributed by atoms with E-state index in [4.69, 9.17) is 9.47 Å². The summed E-state index contributed by atoms with van der Waals surface area (Å²) in [6.07, 6.45) is 10.5. The molecule has 0 amide bonds. The van der Waals surface area contributed by atoms with Crippen LogP contribution in [0, 0.1) is 5.92 Å². The summed E-state index contributed by atoms with van der Waals surface area (Å²) in [6, 6.07) is 0. The van der Waals surface area contributed by atoms with Gasteiger partial charge in [-0.2, -0.15) is 0 Å². The Morgan fingerprint density at radius 2 is 1.35 bits per heavy atom. The summed E-state index contributed by atoms with van der Waals surface area (Å²) in [7, 11) is 0. The fourth-order valence-corrected chi connectivity index (χ4v) is 2.25. The molecule has 0 N–H and O–H groups in total. The van der Waals surface area contributed by atoms with E-state index < -0.39 is 12.1 Å². The van der Waals surface area contributed by atoms with Crippen molar-refractivity contribution in [2.75, 3.05) is 6.61 Å². The third-order valence-corrected chi connectivity index (χ3v) is 3.68. The Bertz CT molecular complexity index is 312. The molecule has 4 heteroatoms. The highest BCUT2D eigenvalue weighted by Gasteiger charge is 2.19. The van der Waals surface area contributed by atoms with Crippen LogP contribution in [0.25, 0.3) is 0 Å². The Morgan fingerprint density at radius 1 is 0.826 bits per heavy atom. The summed E-state index contributed by atoms with van der Waals surface area (Å²) < 4.78 is 10.2. The molecule has 0 aliphatic carbocycles. The van der Waals surface area contributed by atoms with Gasteiger partial charge in [0.2, 0.25) is 0 Å². The van der Waals surface area contributed by atoms with E-state index in [2.05, 4.69) is 6.92 Å². The number of unbranched alkanes of at least 4 members (excludes halogenated alkanes) is 8.